The van der Waals surface area contributed by atoms with E-state index in [-0.39, 0.29) is 10.7 Å². The van der Waals surface area contributed by atoms with Crippen LogP contribution >= 0.6 is 0 Å². The van der Waals surface area contributed by atoms with Gasteiger partial charge in [0.05, 0.1) is 16.3 Å². The molecule has 90 valence electrons. The lowest BCUT2D eigenvalue weighted by molar-refractivity contribution is 0.601. The van der Waals surface area contributed by atoms with Crippen molar-refractivity contribution in [2.75, 3.05) is 10.5 Å². The molecule has 1 heterocycles. The molecule has 0 amide bonds. The number of aryl methyl sites for hydroxylation is 1. The number of aromatic nitrogens is 2. The van der Waals surface area contributed by atoms with Crippen LogP contribution in [0.5, 0.6) is 0 Å². The van der Waals surface area contributed by atoms with E-state index in [9.17, 15) is 8.42 Å². The van der Waals surface area contributed by atoms with Gasteiger partial charge in [-0.3, -0.25) is 9.82 Å². The molecule has 4 N–H and O–H groups in total. The van der Waals surface area contributed by atoms with Crippen molar-refractivity contribution in [1.29, 1.82) is 0 Å². The molecule has 0 atom stereocenters. The Balaban J connectivity index is 2.34. The molecule has 0 aliphatic rings. The van der Waals surface area contributed by atoms with E-state index >= 15 is 0 Å². The van der Waals surface area contributed by atoms with E-state index in [1.54, 1.807) is 25.1 Å². The highest BCUT2D eigenvalue weighted by atomic mass is 32.2. The average Bonchev–Trinajstić information content (AvgIpc) is 2.62. The van der Waals surface area contributed by atoms with Gasteiger partial charge < -0.3 is 5.73 Å². The Labute approximate surface area is 98.9 Å². The Morgan fingerprint density at radius 2 is 1.94 bits per heavy atom. The first kappa shape index (κ1) is 11.5. The SMILES string of the molecule is Cc1[nH]nc(NS(=O)(=O)c2ccccc2)c1N. The molecule has 2 aromatic rings. The van der Waals surface area contributed by atoms with Crippen molar-refractivity contribution < 1.29 is 8.42 Å². The first-order valence-electron chi connectivity index (χ1n) is 4.89. The number of benzene rings is 1. The number of hydrogen-bond donors (Lipinski definition) is 3. The van der Waals surface area contributed by atoms with Crippen LogP contribution in [0.2, 0.25) is 0 Å². The van der Waals surface area contributed by atoms with Crippen LogP contribution in [0.15, 0.2) is 35.2 Å². The molecule has 17 heavy (non-hydrogen) atoms. The smallest absolute Gasteiger partial charge is 0.263 e. The third kappa shape index (κ3) is 2.23. The number of aromatic amines is 1. The van der Waals surface area contributed by atoms with E-state index in [1.807, 2.05) is 0 Å². The quantitative estimate of drug-likeness (QED) is 0.761. The van der Waals surface area contributed by atoms with Gasteiger partial charge in [0.25, 0.3) is 10.0 Å². The van der Waals surface area contributed by atoms with E-state index in [4.69, 9.17) is 5.73 Å². The number of H-pyrrole nitrogens is 1. The Morgan fingerprint density at radius 3 is 2.47 bits per heavy atom. The lowest BCUT2D eigenvalue weighted by Gasteiger charge is -2.05. The lowest BCUT2D eigenvalue weighted by Crippen LogP contribution is -2.14. The number of rotatable bonds is 3. The van der Waals surface area contributed by atoms with Crippen LogP contribution in [0.1, 0.15) is 5.69 Å². The molecule has 0 unspecified atom stereocenters. The largest absolute Gasteiger partial charge is 0.394 e. The zero-order valence-corrected chi connectivity index (χ0v) is 9.95. The molecule has 1 aromatic heterocycles. The molecule has 0 fully saturated rings. The van der Waals surface area contributed by atoms with Gasteiger partial charge in [0.1, 0.15) is 0 Å². The first-order valence-corrected chi connectivity index (χ1v) is 6.37. The van der Waals surface area contributed by atoms with Gasteiger partial charge in [-0.1, -0.05) is 18.2 Å². The Kier molecular flexibility index (Phi) is 2.76. The van der Waals surface area contributed by atoms with Crippen LogP contribution in [0.25, 0.3) is 0 Å². The first-order chi connectivity index (χ1) is 8.00. The fourth-order valence-corrected chi connectivity index (χ4v) is 2.34. The maximum Gasteiger partial charge on any atom is 0.263 e. The number of nitrogen functional groups attached to an aromatic ring is 1. The second kappa shape index (κ2) is 4.10. The maximum absolute atomic E-state index is 11.9. The molecule has 2 rings (SSSR count). The number of nitrogens with zero attached hydrogens (tertiary/aromatic N) is 1. The predicted octanol–water partition coefficient (Wildman–Crippen LogP) is 1.10. The summed E-state index contributed by atoms with van der Waals surface area (Å²) in [6.45, 7) is 1.71. The monoisotopic (exact) mass is 252 g/mol. The summed E-state index contributed by atoms with van der Waals surface area (Å²) < 4.78 is 26.2. The molecule has 0 saturated carbocycles. The molecule has 0 spiro atoms. The van der Waals surface area contributed by atoms with Gasteiger partial charge in [-0.25, -0.2) is 8.42 Å². The van der Waals surface area contributed by atoms with Crippen molar-refractivity contribution in [1.82, 2.24) is 10.2 Å². The Morgan fingerprint density at radius 1 is 1.29 bits per heavy atom. The van der Waals surface area contributed by atoms with E-state index in [0.717, 1.165) is 0 Å². The summed E-state index contributed by atoms with van der Waals surface area (Å²) in [5.41, 5.74) is 6.58. The third-order valence-electron chi connectivity index (χ3n) is 2.28. The highest BCUT2D eigenvalue weighted by molar-refractivity contribution is 7.92. The van der Waals surface area contributed by atoms with Crippen LogP contribution in [0.4, 0.5) is 11.5 Å². The third-order valence-corrected chi connectivity index (χ3v) is 3.63. The van der Waals surface area contributed by atoms with Crippen molar-refractivity contribution >= 4 is 21.5 Å². The predicted molar refractivity (Wildman–Crippen MR) is 65.0 cm³/mol. The number of anilines is 2. The zero-order valence-electron chi connectivity index (χ0n) is 9.14. The number of hydrogen-bond acceptors (Lipinski definition) is 4. The van der Waals surface area contributed by atoms with Crippen LogP contribution in [-0.2, 0) is 10.0 Å². The van der Waals surface area contributed by atoms with E-state index in [2.05, 4.69) is 14.9 Å². The normalized spacial score (nSPS) is 11.4. The van der Waals surface area contributed by atoms with Gasteiger partial charge in [0.15, 0.2) is 5.82 Å². The topological polar surface area (TPSA) is 101 Å². The van der Waals surface area contributed by atoms with Gasteiger partial charge in [-0.2, -0.15) is 5.10 Å². The van der Waals surface area contributed by atoms with Gasteiger partial charge in [0.2, 0.25) is 0 Å². The summed E-state index contributed by atoms with van der Waals surface area (Å²) in [4.78, 5) is 0.167. The van der Waals surface area contributed by atoms with Crippen LogP contribution < -0.4 is 10.5 Å². The number of nitrogens with two attached hydrogens (primary N) is 1. The fraction of sp³-hybridized carbons (Fsp3) is 0.100. The zero-order chi connectivity index (χ0) is 12.5. The van der Waals surface area contributed by atoms with Crippen LogP contribution in [0.3, 0.4) is 0 Å². The summed E-state index contributed by atoms with van der Waals surface area (Å²) in [6, 6.07) is 8.03. The Hall–Kier alpha value is -2.02. The standard InChI is InChI=1S/C10H12N4O2S/c1-7-9(11)10(13-12-7)14-17(15,16)8-5-3-2-4-6-8/h2-6H,11H2,1H3,(H2,12,13,14). The highest BCUT2D eigenvalue weighted by Crippen LogP contribution is 2.21. The Bertz CT molecular complexity index is 619. The van der Waals surface area contributed by atoms with E-state index in [1.165, 1.54) is 12.1 Å². The van der Waals surface area contributed by atoms with Gasteiger partial charge in [-0.05, 0) is 19.1 Å². The highest BCUT2D eigenvalue weighted by Gasteiger charge is 2.17. The minimum atomic E-state index is -3.63. The second-order valence-electron chi connectivity index (χ2n) is 3.53. The molecule has 0 bridgehead atoms. The van der Waals surface area contributed by atoms with Crippen molar-refractivity contribution in [3.05, 3.63) is 36.0 Å². The summed E-state index contributed by atoms with van der Waals surface area (Å²) in [5, 5.41) is 6.39. The van der Waals surface area contributed by atoms with E-state index in [0.29, 0.717) is 11.4 Å². The fourth-order valence-electron chi connectivity index (χ4n) is 1.30. The van der Waals surface area contributed by atoms with Crippen LogP contribution in [-0.4, -0.2) is 18.6 Å². The van der Waals surface area contributed by atoms with E-state index < -0.39 is 10.0 Å². The summed E-state index contributed by atoms with van der Waals surface area (Å²) in [7, 11) is -3.63. The molecule has 6 nitrogen and oxygen atoms in total. The summed E-state index contributed by atoms with van der Waals surface area (Å²) in [5.74, 6) is 0.117. The summed E-state index contributed by atoms with van der Waals surface area (Å²) in [6.07, 6.45) is 0. The molecule has 1 aromatic carbocycles. The average molecular weight is 252 g/mol. The minimum Gasteiger partial charge on any atom is -0.394 e. The van der Waals surface area contributed by atoms with Crippen molar-refractivity contribution in [3.63, 3.8) is 0 Å². The molecule has 0 radical (unpaired) electrons. The van der Waals surface area contributed by atoms with Gasteiger partial charge in [-0.15, -0.1) is 0 Å². The van der Waals surface area contributed by atoms with Crippen molar-refractivity contribution in [2.24, 2.45) is 0 Å². The van der Waals surface area contributed by atoms with Crippen molar-refractivity contribution in [3.8, 4) is 0 Å². The van der Waals surface area contributed by atoms with Gasteiger partial charge in [0, 0.05) is 0 Å². The number of sulfonamides is 1. The molecule has 7 heteroatoms. The minimum absolute atomic E-state index is 0.117. The molecule has 0 aliphatic carbocycles. The maximum atomic E-state index is 11.9. The molecular formula is C10H12N4O2S. The summed E-state index contributed by atoms with van der Waals surface area (Å²) >= 11 is 0. The molecule has 0 aliphatic heterocycles. The molecular weight excluding hydrogens is 240 g/mol. The lowest BCUT2D eigenvalue weighted by atomic mass is 10.4. The molecule has 0 saturated heterocycles. The van der Waals surface area contributed by atoms with Crippen LogP contribution in [0, 0.1) is 6.92 Å². The second-order valence-corrected chi connectivity index (χ2v) is 5.21. The number of nitrogens with one attached hydrogen (secondary N) is 2. The van der Waals surface area contributed by atoms with Crippen molar-refractivity contribution in [2.45, 2.75) is 11.8 Å². The van der Waals surface area contributed by atoms with Gasteiger partial charge >= 0.3 is 0 Å².